The summed E-state index contributed by atoms with van der Waals surface area (Å²) in [7, 11) is -1.81. The van der Waals surface area contributed by atoms with Crippen LogP contribution in [0, 0.1) is 0 Å². The predicted octanol–water partition coefficient (Wildman–Crippen LogP) is 1.69. The molecule has 0 atom stereocenters. The van der Waals surface area contributed by atoms with Gasteiger partial charge in [0.25, 0.3) is 0 Å². The molecular formula is C18H22N2O4S. The number of methoxy groups -OCH3 is 1. The SMILES string of the molecule is C=CS(=O)(=O)NC1CCN(C(=O)C2=Cc3cc(OC)ccc3C2)CC1. The second-order valence-electron chi connectivity index (χ2n) is 6.31. The number of nitrogens with one attached hydrogen (secondary N) is 1. The fourth-order valence-electron chi connectivity index (χ4n) is 3.26. The average Bonchev–Trinajstić information content (AvgIpc) is 3.04. The van der Waals surface area contributed by atoms with E-state index in [4.69, 9.17) is 4.74 Å². The summed E-state index contributed by atoms with van der Waals surface area (Å²) in [6.45, 7) is 4.38. The zero-order chi connectivity index (χ0) is 18.0. The lowest BCUT2D eigenvalue weighted by Gasteiger charge is -2.32. The first kappa shape index (κ1) is 17.7. The third kappa shape index (κ3) is 3.93. The maximum absolute atomic E-state index is 12.7. The van der Waals surface area contributed by atoms with E-state index in [-0.39, 0.29) is 11.9 Å². The van der Waals surface area contributed by atoms with E-state index >= 15 is 0 Å². The molecule has 1 aromatic rings. The Morgan fingerprint density at radius 2 is 2.08 bits per heavy atom. The second kappa shape index (κ2) is 7.01. The fourth-order valence-corrected chi connectivity index (χ4v) is 4.06. The number of likely N-dealkylation sites (tertiary alicyclic amines) is 1. The van der Waals surface area contributed by atoms with Crippen molar-refractivity contribution in [2.45, 2.75) is 25.3 Å². The van der Waals surface area contributed by atoms with Crippen molar-refractivity contribution in [3.05, 3.63) is 46.9 Å². The summed E-state index contributed by atoms with van der Waals surface area (Å²) >= 11 is 0. The first-order chi connectivity index (χ1) is 11.9. The van der Waals surface area contributed by atoms with Crippen molar-refractivity contribution in [1.82, 2.24) is 9.62 Å². The van der Waals surface area contributed by atoms with Crippen LogP contribution in [-0.4, -0.2) is 45.5 Å². The maximum atomic E-state index is 12.7. The number of hydrogen-bond donors (Lipinski definition) is 1. The molecule has 25 heavy (non-hydrogen) atoms. The lowest BCUT2D eigenvalue weighted by atomic mass is 10.0. The molecule has 0 aromatic heterocycles. The largest absolute Gasteiger partial charge is 0.497 e. The lowest BCUT2D eigenvalue weighted by Crippen LogP contribution is -2.46. The fraction of sp³-hybridized carbons (Fsp3) is 0.389. The van der Waals surface area contributed by atoms with Gasteiger partial charge in [0.1, 0.15) is 5.75 Å². The average molecular weight is 362 g/mol. The van der Waals surface area contributed by atoms with Crippen molar-refractivity contribution in [3.8, 4) is 5.75 Å². The van der Waals surface area contributed by atoms with Crippen LogP contribution in [0.15, 0.2) is 35.8 Å². The van der Waals surface area contributed by atoms with E-state index in [1.165, 1.54) is 0 Å². The number of carbonyl (C=O) groups is 1. The number of fused-ring (bicyclic) bond motifs is 1. The van der Waals surface area contributed by atoms with Gasteiger partial charge in [-0.25, -0.2) is 13.1 Å². The highest BCUT2D eigenvalue weighted by atomic mass is 32.2. The van der Waals surface area contributed by atoms with E-state index in [0.717, 1.165) is 27.9 Å². The standard InChI is InChI=1S/C18H22N2O4S/c1-3-25(22,23)19-16-6-8-20(9-7-16)18(21)15-10-13-4-5-17(24-2)12-14(13)11-15/h3-5,11-12,16,19H,1,6-10H2,2H3. The molecule has 1 aliphatic carbocycles. The number of sulfonamides is 1. The van der Waals surface area contributed by atoms with Crippen molar-refractivity contribution in [2.75, 3.05) is 20.2 Å². The van der Waals surface area contributed by atoms with Crippen molar-refractivity contribution >= 4 is 22.0 Å². The molecule has 1 aliphatic heterocycles. The molecule has 0 radical (unpaired) electrons. The highest BCUT2D eigenvalue weighted by Crippen LogP contribution is 2.30. The van der Waals surface area contributed by atoms with Gasteiger partial charge in [-0.3, -0.25) is 4.79 Å². The van der Waals surface area contributed by atoms with Crippen LogP contribution in [0.3, 0.4) is 0 Å². The predicted molar refractivity (Wildman–Crippen MR) is 96.5 cm³/mol. The van der Waals surface area contributed by atoms with E-state index in [1.54, 1.807) is 12.0 Å². The van der Waals surface area contributed by atoms with Crippen molar-refractivity contribution in [3.63, 3.8) is 0 Å². The van der Waals surface area contributed by atoms with Crippen molar-refractivity contribution in [2.24, 2.45) is 0 Å². The summed E-state index contributed by atoms with van der Waals surface area (Å²) in [5, 5.41) is 0.916. The smallest absolute Gasteiger partial charge is 0.250 e. The summed E-state index contributed by atoms with van der Waals surface area (Å²) in [5.41, 5.74) is 2.92. The van der Waals surface area contributed by atoms with Crippen LogP contribution in [0.4, 0.5) is 0 Å². The number of nitrogens with zero attached hydrogens (tertiary/aromatic N) is 1. The molecule has 1 amide bonds. The number of amides is 1. The minimum absolute atomic E-state index is 0.0280. The second-order valence-corrected chi connectivity index (χ2v) is 7.97. The Kier molecular flexibility index (Phi) is 4.96. The Balaban J connectivity index is 1.61. The van der Waals surface area contributed by atoms with Crippen LogP contribution in [0.5, 0.6) is 5.75 Å². The molecule has 0 bridgehead atoms. The number of benzene rings is 1. The monoisotopic (exact) mass is 362 g/mol. The van der Waals surface area contributed by atoms with Gasteiger partial charge in [0.05, 0.1) is 7.11 Å². The third-order valence-electron chi connectivity index (χ3n) is 4.67. The van der Waals surface area contributed by atoms with Gasteiger partial charge in [-0.15, -0.1) is 0 Å². The van der Waals surface area contributed by atoms with Gasteiger partial charge in [-0.05, 0) is 42.2 Å². The normalized spacial score (nSPS) is 17.8. The van der Waals surface area contributed by atoms with E-state index < -0.39 is 10.0 Å². The Morgan fingerprint density at radius 3 is 2.72 bits per heavy atom. The molecule has 0 saturated carbocycles. The van der Waals surface area contributed by atoms with E-state index in [1.807, 2.05) is 24.3 Å². The summed E-state index contributed by atoms with van der Waals surface area (Å²) in [6, 6.07) is 5.68. The Morgan fingerprint density at radius 1 is 1.36 bits per heavy atom. The Bertz CT molecular complexity index is 821. The minimum atomic E-state index is -3.43. The molecule has 0 unspecified atom stereocenters. The summed E-state index contributed by atoms with van der Waals surface area (Å²) in [5.74, 6) is 0.805. The van der Waals surface area contributed by atoms with Crippen LogP contribution in [0.2, 0.25) is 0 Å². The molecule has 1 fully saturated rings. The molecule has 1 N–H and O–H groups in total. The Labute approximate surface area is 148 Å². The molecular weight excluding hydrogens is 340 g/mol. The van der Waals surface area contributed by atoms with E-state index in [0.29, 0.717) is 32.4 Å². The van der Waals surface area contributed by atoms with Gasteiger partial charge in [-0.2, -0.15) is 0 Å². The van der Waals surface area contributed by atoms with E-state index in [9.17, 15) is 13.2 Å². The van der Waals surface area contributed by atoms with Crippen LogP contribution in [0.25, 0.3) is 6.08 Å². The quantitative estimate of drug-likeness (QED) is 0.865. The summed E-state index contributed by atoms with van der Waals surface area (Å²) in [4.78, 5) is 14.5. The molecule has 3 rings (SSSR count). The van der Waals surface area contributed by atoms with Crippen LogP contribution < -0.4 is 9.46 Å². The topological polar surface area (TPSA) is 75.7 Å². The van der Waals surface area contributed by atoms with Crippen molar-refractivity contribution < 1.29 is 17.9 Å². The number of carbonyl (C=O) groups excluding carboxylic acids is 1. The third-order valence-corrected chi connectivity index (χ3v) is 5.77. The summed E-state index contributed by atoms with van der Waals surface area (Å²) < 4.78 is 30.9. The number of ether oxygens (including phenoxy) is 1. The molecule has 134 valence electrons. The van der Waals surface area contributed by atoms with Crippen LogP contribution >= 0.6 is 0 Å². The molecule has 1 saturated heterocycles. The first-order valence-electron chi connectivity index (χ1n) is 8.23. The molecule has 6 nitrogen and oxygen atoms in total. The molecule has 2 aliphatic rings. The zero-order valence-corrected chi connectivity index (χ0v) is 15.0. The van der Waals surface area contributed by atoms with E-state index in [2.05, 4.69) is 11.3 Å². The molecule has 1 heterocycles. The molecule has 1 aromatic carbocycles. The van der Waals surface area contributed by atoms with Crippen molar-refractivity contribution in [1.29, 1.82) is 0 Å². The highest BCUT2D eigenvalue weighted by Gasteiger charge is 2.28. The van der Waals surface area contributed by atoms with Gasteiger partial charge in [0.15, 0.2) is 0 Å². The van der Waals surface area contributed by atoms with Gasteiger partial charge in [0, 0.05) is 36.5 Å². The first-order valence-corrected chi connectivity index (χ1v) is 9.78. The number of hydrogen-bond acceptors (Lipinski definition) is 4. The minimum Gasteiger partial charge on any atom is -0.497 e. The lowest BCUT2D eigenvalue weighted by molar-refractivity contribution is -0.128. The maximum Gasteiger partial charge on any atom is 0.250 e. The summed E-state index contributed by atoms with van der Waals surface area (Å²) in [6.07, 6.45) is 3.76. The highest BCUT2D eigenvalue weighted by molar-refractivity contribution is 7.92. The van der Waals surface area contributed by atoms with Gasteiger partial charge >= 0.3 is 0 Å². The van der Waals surface area contributed by atoms with Gasteiger partial charge in [0.2, 0.25) is 15.9 Å². The van der Waals surface area contributed by atoms with Gasteiger partial charge in [-0.1, -0.05) is 12.6 Å². The van der Waals surface area contributed by atoms with Crippen LogP contribution in [0.1, 0.15) is 24.0 Å². The number of rotatable bonds is 5. The van der Waals surface area contributed by atoms with Gasteiger partial charge < -0.3 is 9.64 Å². The molecule has 7 heteroatoms. The number of piperidine rings is 1. The Hall–Kier alpha value is -2.12. The zero-order valence-electron chi connectivity index (χ0n) is 14.2. The molecule has 0 spiro atoms. The van der Waals surface area contributed by atoms with Crippen LogP contribution in [-0.2, 0) is 21.2 Å².